The lowest BCUT2D eigenvalue weighted by molar-refractivity contribution is 0.617. The van der Waals surface area contributed by atoms with Gasteiger partial charge >= 0.3 is 0 Å². The van der Waals surface area contributed by atoms with Crippen LogP contribution in [0.15, 0.2) is 47.5 Å². The van der Waals surface area contributed by atoms with Crippen LogP contribution in [0.3, 0.4) is 0 Å². The Bertz CT molecular complexity index is 551. The molecule has 0 atom stereocenters. The molecule has 0 saturated heterocycles. The maximum Gasteiger partial charge on any atom is 0.134 e. The van der Waals surface area contributed by atoms with Crippen LogP contribution in [0, 0.1) is 0 Å². The predicted octanol–water partition coefficient (Wildman–Crippen LogP) is 2.82. The molecule has 0 aliphatic rings. The van der Waals surface area contributed by atoms with Crippen LogP contribution in [0.25, 0.3) is 22.2 Å². The minimum Gasteiger partial charge on any atom is -0.464 e. The van der Waals surface area contributed by atoms with Gasteiger partial charge in [0.05, 0.1) is 12.0 Å². The lowest BCUT2D eigenvalue weighted by atomic mass is 10.1. The van der Waals surface area contributed by atoms with E-state index in [9.17, 15) is 0 Å². The van der Waals surface area contributed by atoms with Gasteiger partial charge in [0.25, 0.3) is 0 Å². The molecule has 14 heavy (non-hydrogen) atoms. The Kier molecular flexibility index (Phi) is 1.44. The van der Waals surface area contributed by atoms with E-state index in [0.717, 1.165) is 22.2 Å². The number of hydrogen-bond acceptors (Lipinski definition) is 2. The van der Waals surface area contributed by atoms with Crippen molar-refractivity contribution in [2.24, 2.45) is 0 Å². The van der Waals surface area contributed by atoms with Crippen molar-refractivity contribution >= 4 is 11.0 Å². The summed E-state index contributed by atoms with van der Waals surface area (Å²) in [5.74, 6) is 0. The molecule has 0 spiro atoms. The number of hydrogen-bond donors (Lipinski definition) is 1. The Labute approximate surface area is 80.4 Å². The van der Waals surface area contributed by atoms with Crippen molar-refractivity contribution in [3.8, 4) is 11.3 Å². The fourth-order valence-electron chi connectivity index (χ4n) is 1.58. The quantitative estimate of drug-likeness (QED) is 0.631. The lowest BCUT2D eigenvalue weighted by Gasteiger charge is -1.90. The van der Waals surface area contributed by atoms with E-state index >= 15 is 0 Å². The van der Waals surface area contributed by atoms with Crippen LogP contribution in [-0.4, -0.2) is 9.97 Å². The summed E-state index contributed by atoms with van der Waals surface area (Å²) in [5.41, 5.74) is 2.84. The van der Waals surface area contributed by atoms with Crippen LogP contribution < -0.4 is 0 Å². The maximum atomic E-state index is 5.42. The molecule has 68 valence electrons. The molecule has 3 rings (SSSR count). The Morgan fingerprint density at radius 1 is 1.21 bits per heavy atom. The number of furan rings is 1. The molecule has 3 heteroatoms. The Morgan fingerprint density at radius 3 is 3.00 bits per heavy atom. The van der Waals surface area contributed by atoms with Crippen LogP contribution >= 0.6 is 0 Å². The minimum atomic E-state index is 0.894. The first-order valence-electron chi connectivity index (χ1n) is 4.40. The van der Waals surface area contributed by atoms with E-state index in [-0.39, 0.29) is 0 Å². The Hall–Kier alpha value is -2.03. The van der Waals surface area contributed by atoms with Crippen molar-refractivity contribution in [1.29, 1.82) is 0 Å². The summed E-state index contributed by atoms with van der Waals surface area (Å²) >= 11 is 0. The normalized spacial score (nSPS) is 10.9. The summed E-state index contributed by atoms with van der Waals surface area (Å²) in [7, 11) is 0. The molecule has 0 amide bonds. The standard InChI is InChI=1S/C11H8N2O/c1-2-4-11-8(3-1)9(6-14-11)10-5-12-7-13-10/h1-7H,(H,12,13). The van der Waals surface area contributed by atoms with Crippen molar-refractivity contribution in [1.82, 2.24) is 9.97 Å². The second-order valence-electron chi connectivity index (χ2n) is 3.10. The number of nitrogens with zero attached hydrogens (tertiary/aromatic N) is 1. The molecule has 1 aromatic carbocycles. The second kappa shape index (κ2) is 2.73. The first-order valence-corrected chi connectivity index (χ1v) is 4.40. The van der Waals surface area contributed by atoms with Gasteiger partial charge in [-0.3, -0.25) is 0 Å². The van der Waals surface area contributed by atoms with Gasteiger partial charge in [0, 0.05) is 17.1 Å². The van der Waals surface area contributed by atoms with Gasteiger partial charge in [0.1, 0.15) is 11.8 Å². The summed E-state index contributed by atoms with van der Waals surface area (Å²) in [4.78, 5) is 7.12. The monoisotopic (exact) mass is 184 g/mol. The predicted molar refractivity (Wildman–Crippen MR) is 53.8 cm³/mol. The van der Waals surface area contributed by atoms with Crippen molar-refractivity contribution in [3.63, 3.8) is 0 Å². The van der Waals surface area contributed by atoms with E-state index in [1.165, 1.54) is 0 Å². The first kappa shape index (κ1) is 7.38. The maximum absolute atomic E-state index is 5.42. The molecule has 1 N–H and O–H groups in total. The van der Waals surface area contributed by atoms with E-state index in [1.54, 1.807) is 12.6 Å². The van der Waals surface area contributed by atoms with Crippen LogP contribution in [-0.2, 0) is 0 Å². The van der Waals surface area contributed by atoms with Crippen LogP contribution in [0.1, 0.15) is 0 Å². The molecule has 2 heterocycles. The van der Waals surface area contributed by atoms with Gasteiger partial charge in [0.15, 0.2) is 0 Å². The molecular weight excluding hydrogens is 176 g/mol. The van der Waals surface area contributed by atoms with Gasteiger partial charge in [-0.05, 0) is 6.07 Å². The van der Waals surface area contributed by atoms with Gasteiger partial charge in [0.2, 0.25) is 0 Å². The molecule has 0 aliphatic heterocycles. The van der Waals surface area contributed by atoms with E-state index in [1.807, 2.05) is 30.5 Å². The highest BCUT2D eigenvalue weighted by Crippen LogP contribution is 2.28. The van der Waals surface area contributed by atoms with Crippen LogP contribution in [0.2, 0.25) is 0 Å². The molecule has 0 aliphatic carbocycles. The molecule has 0 bridgehead atoms. The fourth-order valence-corrected chi connectivity index (χ4v) is 1.58. The summed E-state index contributed by atoms with van der Waals surface area (Å²) in [6, 6.07) is 7.93. The number of nitrogens with one attached hydrogen (secondary N) is 1. The van der Waals surface area contributed by atoms with Crippen molar-refractivity contribution in [3.05, 3.63) is 43.1 Å². The number of fused-ring (bicyclic) bond motifs is 1. The molecule has 0 fully saturated rings. The van der Waals surface area contributed by atoms with Gasteiger partial charge in [-0.2, -0.15) is 0 Å². The van der Waals surface area contributed by atoms with E-state index < -0.39 is 0 Å². The number of rotatable bonds is 1. The molecule has 0 saturated carbocycles. The van der Waals surface area contributed by atoms with Gasteiger partial charge in [-0.15, -0.1) is 0 Å². The molecule has 0 radical (unpaired) electrons. The van der Waals surface area contributed by atoms with E-state index in [2.05, 4.69) is 9.97 Å². The number of benzene rings is 1. The molecule has 3 nitrogen and oxygen atoms in total. The summed E-state index contributed by atoms with van der Waals surface area (Å²) < 4.78 is 5.42. The number of H-pyrrole nitrogens is 1. The summed E-state index contributed by atoms with van der Waals surface area (Å²) in [6.45, 7) is 0. The number of para-hydroxylation sites is 1. The smallest absolute Gasteiger partial charge is 0.134 e. The lowest BCUT2D eigenvalue weighted by Crippen LogP contribution is -1.72. The third-order valence-corrected chi connectivity index (χ3v) is 2.26. The third kappa shape index (κ3) is 0.956. The highest BCUT2D eigenvalue weighted by Gasteiger charge is 2.07. The van der Waals surface area contributed by atoms with E-state index in [4.69, 9.17) is 4.42 Å². The van der Waals surface area contributed by atoms with Crippen LogP contribution in [0.5, 0.6) is 0 Å². The zero-order chi connectivity index (χ0) is 9.38. The first-order chi connectivity index (χ1) is 6.95. The summed E-state index contributed by atoms with van der Waals surface area (Å²) in [5, 5.41) is 1.10. The molecule has 3 aromatic rings. The molecule has 2 aromatic heterocycles. The largest absolute Gasteiger partial charge is 0.464 e. The Morgan fingerprint density at radius 2 is 2.14 bits per heavy atom. The third-order valence-electron chi connectivity index (χ3n) is 2.26. The second-order valence-corrected chi connectivity index (χ2v) is 3.10. The highest BCUT2D eigenvalue weighted by atomic mass is 16.3. The van der Waals surface area contributed by atoms with Gasteiger partial charge in [-0.1, -0.05) is 18.2 Å². The zero-order valence-corrected chi connectivity index (χ0v) is 7.40. The SMILES string of the molecule is c1ccc2c(-c3c[nH]cn3)coc2c1. The highest BCUT2D eigenvalue weighted by molar-refractivity contribution is 5.92. The Balaban J connectivity index is 2.33. The van der Waals surface area contributed by atoms with E-state index in [0.29, 0.717) is 0 Å². The number of imidazole rings is 1. The summed E-state index contributed by atoms with van der Waals surface area (Å²) in [6.07, 6.45) is 5.26. The molecule has 0 unspecified atom stereocenters. The van der Waals surface area contributed by atoms with Crippen LogP contribution in [0.4, 0.5) is 0 Å². The van der Waals surface area contributed by atoms with Gasteiger partial charge in [-0.25, -0.2) is 4.98 Å². The zero-order valence-electron chi connectivity index (χ0n) is 7.40. The number of aromatic nitrogens is 2. The van der Waals surface area contributed by atoms with Crippen molar-refractivity contribution in [2.75, 3.05) is 0 Å². The van der Waals surface area contributed by atoms with Crippen molar-refractivity contribution < 1.29 is 4.42 Å². The number of aromatic amines is 1. The molecular formula is C11H8N2O. The van der Waals surface area contributed by atoms with Gasteiger partial charge < -0.3 is 9.40 Å². The average Bonchev–Trinajstić information content (AvgIpc) is 2.85. The fraction of sp³-hybridized carbons (Fsp3) is 0. The van der Waals surface area contributed by atoms with Crippen molar-refractivity contribution in [2.45, 2.75) is 0 Å². The topological polar surface area (TPSA) is 41.8 Å². The average molecular weight is 184 g/mol. The minimum absolute atomic E-state index is 0.894.